The summed E-state index contributed by atoms with van der Waals surface area (Å²) in [6, 6.07) is 0. The lowest BCUT2D eigenvalue weighted by Gasteiger charge is -2.25. The van der Waals surface area contributed by atoms with Gasteiger partial charge in [-0.2, -0.15) is 0 Å². The van der Waals surface area contributed by atoms with Crippen molar-refractivity contribution in [2.75, 3.05) is 6.54 Å². The molecule has 0 bridgehead atoms. The average molecular weight is 193 g/mol. The van der Waals surface area contributed by atoms with Gasteiger partial charge in [-0.25, -0.2) is 4.98 Å². The zero-order valence-electron chi connectivity index (χ0n) is 8.87. The monoisotopic (exact) mass is 193 g/mol. The summed E-state index contributed by atoms with van der Waals surface area (Å²) < 4.78 is 2.07. The molecule has 0 amide bonds. The van der Waals surface area contributed by atoms with E-state index in [-0.39, 0.29) is 0 Å². The van der Waals surface area contributed by atoms with Gasteiger partial charge in [-0.3, -0.25) is 0 Å². The molecule has 0 aromatic carbocycles. The number of nitrogens with zero attached hydrogens (tertiary/aromatic N) is 2. The van der Waals surface area contributed by atoms with Crippen molar-refractivity contribution in [3.05, 3.63) is 18.2 Å². The number of hydrogen-bond acceptors (Lipinski definition) is 2. The predicted molar refractivity (Wildman–Crippen MR) is 56.9 cm³/mol. The van der Waals surface area contributed by atoms with Crippen LogP contribution in [-0.2, 0) is 13.6 Å². The number of nitrogens with one attached hydrogen (secondary N) is 1. The summed E-state index contributed by atoms with van der Waals surface area (Å²) in [6.45, 7) is 2.10. The highest BCUT2D eigenvalue weighted by molar-refractivity contribution is 4.96. The van der Waals surface area contributed by atoms with Crippen molar-refractivity contribution in [1.82, 2.24) is 14.9 Å². The molecule has 1 heterocycles. The minimum Gasteiger partial charge on any atom is -0.337 e. The Morgan fingerprint density at radius 1 is 1.57 bits per heavy atom. The van der Waals surface area contributed by atoms with Crippen LogP contribution in [0.2, 0.25) is 0 Å². The lowest BCUT2D eigenvalue weighted by molar-refractivity contribution is 0.292. The molecule has 3 heteroatoms. The van der Waals surface area contributed by atoms with Crippen molar-refractivity contribution in [2.24, 2.45) is 13.0 Å². The van der Waals surface area contributed by atoms with Gasteiger partial charge in [0.15, 0.2) is 0 Å². The van der Waals surface area contributed by atoms with E-state index in [4.69, 9.17) is 0 Å². The Morgan fingerprint density at radius 3 is 3.00 bits per heavy atom. The smallest absolute Gasteiger partial charge is 0.0945 e. The van der Waals surface area contributed by atoms with Crippen LogP contribution < -0.4 is 5.32 Å². The van der Waals surface area contributed by atoms with Crippen LogP contribution in [0, 0.1) is 5.92 Å². The molecule has 0 radical (unpaired) electrons. The van der Waals surface area contributed by atoms with Crippen LogP contribution in [0.3, 0.4) is 0 Å². The molecule has 1 fully saturated rings. The summed E-state index contributed by atoms with van der Waals surface area (Å²) in [6.07, 6.45) is 9.48. The molecule has 1 aliphatic rings. The fourth-order valence-corrected chi connectivity index (χ4v) is 1.86. The molecule has 78 valence electrons. The SMILES string of the molecule is Cn1cncc1CNCCC1CCC1. The van der Waals surface area contributed by atoms with Crippen molar-refractivity contribution in [1.29, 1.82) is 0 Å². The molecular formula is C11H19N3. The van der Waals surface area contributed by atoms with Gasteiger partial charge in [-0.05, 0) is 18.9 Å². The van der Waals surface area contributed by atoms with Gasteiger partial charge in [-0.1, -0.05) is 19.3 Å². The molecule has 0 atom stereocenters. The summed E-state index contributed by atoms with van der Waals surface area (Å²) in [7, 11) is 2.04. The predicted octanol–water partition coefficient (Wildman–Crippen LogP) is 1.70. The molecule has 1 aliphatic carbocycles. The first-order valence-corrected chi connectivity index (χ1v) is 5.52. The average Bonchev–Trinajstić information content (AvgIpc) is 2.48. The molecule has 14 heavy (non-hydrogen) atoms. The maximum absolute atomic E-state index is 4.09. The third kappa shape index (κ3) is 2.35. The van der Waals surface area contributed by atoms with E-state index in [0.29, 0.717) is 0 Å². The Labute approximate surface area is 85.5 Å². The lowest BCUT2D eigenvalue weighted by atomic mass is 9.83. The summed E-state index contributed by atoms with van der Waals surface area (Å²) in [5, 5.41) is 3.47. The van der Waals surface area contributed by atoms with Crippen molar-refractivity contribution < 1.29 is 0 Å². The second-order valence-electron chi connectivity index (χ2n) is 4.26. The zero-order valence-corrected chi connectivity index (χ0v) is 8.87. The van der Waals surface area contributed by atoms with Gasteiger partial charge in [0.25, 0.3) is 0 Å². The van der Waals surface area contributed by atoms with Crippen LogP contribution >= 0.6 is 0 Å². The Hall–Kier alpha value is -0.830. The van der Waals surface area contributed by atoms with Crippen LogP contribution in [0.5, 0.6) is 0 Å². The number of imidazole rings is 1. The first-order chi connectivity index (χ1) is 6.86. The first kappa shape index (κ1) is 9.71. The number of aryl methyl sites for hydroxylation is 1. The van der Waals surface area contributed by atoms with Crippen molar-refractivity contribution >= 4 is 0 Å². The van der Waals surface area contributed by atoms with Crippen molar-refractivity contribution in [3.63, 3.8) is 0 Å². The van der Waals surface area contributed by atoms with Crippen LogP contribution in [0.4, 0.5) is 0 Å². The highest BCUT2D eigenvalue weighted by atomic mass is 15.0. The summed E-state index contributed by atoms with van der Waals surface area (Å²) in [4.78, 5) is 4.09. The standard InChI is InChI=1S/C11H19N3/c1-14-9-13-8-11(14)7-12-6-5-10-3-2-4-10/h8-10,12H,2-7H2,1H3. The van der Waals surface area contributed by atoms with Crippen LogP contribution in [-0.4, -0.2) is 16.1 Å². The molecular weight excluding hydrogens is 174 g/mol. The molecule has 0 aliphatic heterocycles. The minimum atomic E-state index is 0.948. The first-order valence-electron chi connectivity index (χ1n) is 5.52. The van der Waals surface area contributed by atoms with E-state index in [0.717, 1.165) is 19.0 Å². The molecule has 3 nitrogen and oxygen atoms in total. The second kappa shape index (κ2) is 4.60. The largest absolute Gasteiger partial charge is 0.337 e. The van der Waals surface area contributed by atoms with Gasteiger partial charge in [-0.15, -0.1) is 0 Å². The summed E-state index contributed by atoms with van der Waals surface area (Å²) in [5.74, 6) is 1.01. The molecule has 0 spiro atoms. The molecule has 0 unspecified atom stereocenters. The quantitative estimate of drug-likeness (QED) is 0.721. The molecule has 1 saturated carbocycles. The number of aromatic nitrogens is 2. The van der Waals surface area contributed by atoms with Gasteiger partial charge in [0.1, 0.15) is 0 Å². The zero-order chi connectivity index (χ0) is 9.80. The van der Waals surface area contributed by atoms with Crippen molar-refractivity contribution in [3.8, 4) is 0 Å². The van der Waals surface area contributed by atoms with E-state index in [1.165, 1.54) is 31.4 Å². The Morgan fingerprint density at radius 2 is 2.43 bits per heavy atom. The maximum atomic E-state index is 4.09. The third-order valence-corrected chi connectivity index (χ3v) is 3.18. The normalized spacial score (nSPS) is 16.9. The highest BCUT2D eigenvalue weighted by Crippen LogP contribution is 2.28. The summed E-state index contributed by atoms with van der Waals surface area (Å²) in [5.41, 5.74) is 1.26. The van der Waals surface area contributed by atoms with E-state index < -0.39 is 0 Å². The Bertz CT molecular complexity index is 276. The van der Waals surface area contributed by atoms with E-state index >= 15 is 0 Å². The molecule has 1 aromatic rings. The number of hydrogen-bond donors (Lipinski definition) is 1. The van der Waals surface area contributed by atoms with Gasteiger partial charge in [0.05, 0.1) is 12.0 Å². The molecule has 2 rings (SSSR count). The summed E-state index contributed by atoms with van der Waals surface area (Å²) >= 11 is 0. The Kier molecular flexibility index (Phi) is 3.19. The fourth-order valence-electron chi connectivity index (χ4n) is 1.86. The van der Waals surface area contributed by atoms with E-state index in [1.807, 2.05) is 19.6 Å². The molecule has 1 aromatic heterocycles. The van der Waals surface area contributed by atoms with Crippen LogP contribution in [0.15, 0.2) is 12.5 Å². The topological polar surface area (TPSA) is 29.9 Å². The third-order valence-electron chi connectivity index (χ3n) is 3.18. The van der Waals surface area contributed by atoms with Crippen molar-refractivity contribution in [2.45, 2.75) is 32.2 Å². The van der Waals surface area contributed by atoms with Gasteiger partial charge in [0, 0.05) is 19.8 Å². The number of rotatable bonds is 5. The maximum Gasteiger partial charge on any atom is 0.0945 e. The lowest BCUT2D eigenvalue weighted by Crippen LogP contribution is -2.21. The minimum absolute atomic E-state index is 0.948. The van der Waals surface area contributed by atoms with Crippen LogP contribution in [0.25, 0.3) is 0 Å². The molecule has 0 saturated heterocycles. The van der Waals surface area contributed by atoms with E-state index in [9.17, 15) is 0 Å². The van der Waals surface area contributed by atoms with Gasteiger partial charge < -0.3 is 9.88 Å². The molecule has 1 N–H and O–H groups in total. The highest BCUT2D eigenvalue weighted by Gasteiger charge is 2.16. The Balaban J connectivity index is 1.60. The fraction of sp³-hybridized carbons (Fsp3) is 0.727. The van der Waals surface area contributed by atoms with Crippen LogP contribution in [0.1, 0.15) is 31.4 Å². The van der Waals surface area contributed by atoms with E-state index in [1.54, 1.807) is 0 Å². The van der Waals surface area contributed by atoms with E-state index in [2.05, 4.69) is 14.9 Å². The van der Waals surface area contributed by atoms with Gasteiger partial charge >= 0.3 is 0 Å². The van der Waals surface area contributed by atoms with Gasteiger partial charge in [0.2, 0.25) is 0 Å². The second-order valence-corrected chi connectivity index (χ2v) is 4.26.